The van der Waals surface area contributed by atoms with Gasteiger partial charge in [-0.3, -0.25) is 0 Å². The molecule has 0 N–H and O–H groups in total. The number of piperidine rings is 1. The van der Waals surface area contributed by atoms with Gasteiger partial charge in [0.25, 0.3) is 0 Å². The molecule has 0 amide bonds. The van der Waals surface area contributed by atoms with Crippen LogP contribution in [0.25, 0.3) is 0 Å². The van der Waals surface area contributed by atoms with Crippen molar-refractivity contribution >= 4 is 0 Å². The quantitative estimate of drug-likeness (QED) is 0.672. The molecule has 0 saturated carbocycles. The van der Waals surface area contributed by atoms with Crippen molar-refractivity contribution in [2.45, 2.75) is 66.2 Å². The Balaban J connectivity index is 0.000000336. The second kappa shape index (κ2) is 10.5. The zero-order chi connectivity index (χ0) is 11.5. The molecule has 1 heterocycles. The Morgan fingerprint density at radius 2 is 1.47 bits per heavy atom. The molecule has 1 fully saturated rings. The first-order chi connectivity index (χ1) is 7.24. The summed E-state index contributed by atoms with van der Waals surface area (Å²) in [6.07, 6.45) is 8.22. The molecule has 1 aliphatic rings. The highest BCUT2D eigenvalue weighted by atomic mass is 15.1. The highest BCUT2D eigenvalue weighted by molar-refractivity contribution is 4.68. The lowest BCUT2D eigenvalue weighted by molar-refractivity contribution is 0.193. The van der Waals surface area contributed by atoms with E-state index in [2.05, 4.69) is 32.6 Å². The van der Waals surface area contributed by atoms with Crippen molar-refractivity contribution in [3.8, 4) is 0 Å². The van der Waals surface area contributed by atoms with Gasteiger partial charge in [-0.1, -0.05) is 47.0 Å². The van der Waals surface area contributed by atoms with E-state index in [1.807, 2.05) is 0 Å². The molecule has 0 atom stereocenters. The maximum absolute atomic E-state index is 2.58. The average molecular weight is 213 g/mol. The molecule has 0 spiro atoms. The van der Waals surface area contributed by atoms with Crippen molar-refractivity contribution in [2.75, 3.05) is 19.6 Å². The lowest BCUT2D eigenvalue weighted by Gasteiger charge is -2.29. The molecule has 92 valence electrons. The van der Waals surface area contributed by atoms with E-state index in [4.69, 9.17) is 0 Å². The second-order valence-corrected chi connectivity index (χ2v) is 4.88. The van der Waals surface area contributed by atoms with Crippen LogP contribution in [0.1, 0.15) is 66.2 Å². The van der Waals surface area contributed by atoms with Crippen LogP contribution in [0.5, 0.6) is 0 Å². The first-order valence-electron chi connectivity index (χ1n) is 6.96. The van der Waals surface area contributed by atoms with Crippen LogP contribution in [0.15, 0.2) is 0 Å². The van der Waals surface area contributed by atoms with Crippen molar-refractivity contribution in [3.63, 3.8) is 0 Å². The Kier molecular flexibility index (Phi) is 10.4. The molecule has 0 aliphatic carbocycles. The minimum atomic E-state index is 0.980. The third-order valence-corrected chi connectivity index (χ3v) is 3.12. The Morgan fingerprint density at radius 1 is 0.933 bits per heavy atom. The molecule has 0 aromatic rings. The first-order valence-corrected chi connectivity index (χ1v) is 6.96. The van der Waals surface area contributed by atoms with Crippen LogP contribution in [-0.4, -0.2) is 24.5 Å². The summed E-state index contributed by atoms with van der Waals surface area (Å²) in [7, 11) is 0. The molecule has 0 bridgehead atoms. The van der Waals surface area contributed by atoms with Crippen LogP contribution < -0.4 is 0 Å². The zero-order valence-electron chi connectivity index (χ0n) is 11.4. The van der Waals surface area contributed by atoms with E-state index < -0.39 is 0 Å². The summed E-state index contributed by atoms with van der Waals surface area (Å²) in [6, 6.07) is 0. The van der Waals surface area contributed by atoms with Gasteiger partial charge in [0.05, 0.1) is 0 Å². The number of likely N-dealkylation sites (tertiary alicyclic amines) is 1. The maximum atomic E-state index is 2.58. The lowest BCUT2D eigenvalue weighted by atomic mass is 9.99. The van der Waals surface area contributed by atoms with Crippen LogP contribution in [0.3, 0.4) is 0 Å². The van der Waals surface area contributed by atoms with Gasteiger partial charge < -0.3 is 4.90 Å². The van der Waals surface area contributed by atoms with E-state index in [1.54, 1.807) is 0 Å². The van der Waals surface area contributed by atoms with Crippen molar-refractivity contribution in [3.05, 3.63) is 0 Å². The van der Waals surface area contributed by atoms with Gasteiger partial charge in [0.2, 0.25) is 0 Å². The van der Waals surface area contributed by atoms with Crippen LogP contribution in [0, 0.1) is 5.92 Å². The Bertz CT molecular complexity index is 113. The molecule has 0 aromatic heterocycles. The molecule has 1 saturated heterocycles. The summed E-state index contributed by atoms with van der Waals surface area (Å²) in [6.45, 7) is 13.0. The summed E-state index contributed by atoms with van der Waals surface area (Å²) in [5, 5.41) is 0. The number of rotatable bonds is 4. The minimum Gasteiger partial charge on any atom is -0.303 e. The fraction of sp³-hybridized carbons (Fsp3) is 1.00. The van der Waals surface area contributed by atoms with Gasteiger partial charge in [0, 0.05) is 0 Å². The van der Waals surface area contributed by atoms with Gasteiger partial charge in [-0.15, -0.1) is 0 Å². The Hall–Kier alpha value is -0.0400. The van der Waals surface area contributed by atoms with Gasteiger partial charge in [0.1, 0.15) is 0 Å². The van der Waals surface area contributed by atoms with Crippen LogP contribution in [-0.2, 0) is 0 Å². The van der Waals surface area contributed by atoms with Gasteiger partial charge in [-0.2, -0.15) is 0 Å². The number of unbranched alkanes of at least 4 members (excludes halogenated alkanes) is 2. The zero-order valence-corrected chi connectivity index (χ0v) is 11.4. The van der Waals surface area contributed by atoms with Crippen molar-refractivity contribution in [1.82, 2.24) is 4.90 Å². The molecule has 15 heavy (non-hydrogen) atoms. The average Bonchev–Trinajstić information content (AvgIpc) is 2.24. The molecule has 0 unspecified atom stereocenters. The third-order valence-electron chi connectivity index (χ3n) is 3.12. The predicted octanol–water partition coefficient (Wildman–Crippen LogP) is 4.32. The highest BCUT2D eigenvalue weighted by Crippen LogP contribution is 2.15. The SMILES string of the molecule is CCCCC.CCCN1CCC(C)CC1. The molecule has 1 aliphatic heterocycles. The summed E-state index contributed by atoms with van der Waals surface area (Å²) < 4.78 is 0. The number of hydrogen-bond donors (Lipinski definition) is 0. The summed E-state index contributed by atoms with van der Waals surface area (Å²) in [4.78, 5) is 2.58. The summed E-state index contributed by atoms with van der Waals surface area (Å²) in [5.74, 6) is 0.980. The summed E-state index contributed by atoms with van der Waals surface area (Å²) in [5.41, 5.74) is 0. The molecule has 1 nitrogen and oxygen atoms in total. The minimum absolute atomic E-state index is 0.980. The van der Waals surface area contributed by atoms with Crippen LogP contribution in [0.2, 0.25) is 0 Å². The van der Waals surface area contributed by atoms with Crippen molar-refractivity contribution in [2.24, 2.45) is 5.92 Å². The van der Waals surface area contributed by atoms with E-state index in [9.17, 15) is 0 Å². The molecule has 1 heteroatoms. The van der Waals surface area contributed by atoms with Crippen molar-refractivity contribution < 1.29 is 0 Å². The summed E-state index contributed by atoms with van der Waals surface area (Å²) >= 11 is 0. The first kappa shape index (κ1) is 15.0. The molecule has 0 radical (unpaired) electrons. The third kappa shape index (κ3) is 8.92. The van der Waals surface area contributed by atoms with E-state index in [1.165, 1.54) is 58.2 Å². The van der Waals surface area contributed by atoms with E-state index in [0.717, 1.165) is 5.92 Å². The number of nitrogens with zero attached hydrogens (tertiary/aromatic N) is 1. The Morgan fingerprint density at radius 3 is 1.80 bits per heavy atom. The predicted molar refractivity (Wildman–Crippen MR) is 70.3 cm³/mol. The maximum Gasteiger partial charge on any atom is -0.00162 e. The Labute approximate surface area is 97.2 Å². The second-order valence-electron chi connectivity index (χ2n) is 4.88. The van der Waals surface area contributed by atoms with E-state index in [0.29, 0.717) is 0 Å². The molecule has 1 rings (SSSR count). The van der Waals surface area contributed by atoms with Gasteiger partial charge in [0.15, 0.2) is 0 Å². The highest BCUT2D eigenvalue weighted by Gasteiger charge is 2.13. The fourth-order valence-electron chi connectivity index (χ4n) is 1.96. The van der Waals surface area contributed by atoms with Gasteiger partial charge in [-0.05, 0) is 44.8 Å². The van der Waals surface area contributed by atoms with Gasteiger partial charge >= 0.3 is 0 Å². The number of hydrogen-bond acceptors (Lipinski definition) is 1. The van der Waals surface area contributed by atoms with Gasteiger partial charge in [-0.25, -0.2) is 0 Å². The van der Waals surface area contributed by atoms with Crippen LogP contribution >= 0.6 is 0 Å². The van der Waals surface area contributed by atoms with Crippen molar-refractivity contribution in [1.29, 1.82) is 0 Å². The monoisotopic (exact) mass is 213 g/mol. The largest absolute Gasteiger partial charge is 0.303 e. The lowest BCUT2D eigenvalue weighted by Crippen LogP contribution is -2.33. The molecular formula is C14H31N. The molecule has 0 aromatic carbocycles. The van der Waals surface area contributed by atoms with Crippen LogP contribution in [0.4, 0.5) is 0 Å². The van der Waals surface area contributed by atoms with E-state index >= 15 is 0 Å². The molecular weight excluding hydrogens is 182 g/mol. The standard InChI is InChI=1S/C9H19N.C5H12/c1-3-6-10-7-4-9(2)5-8-10;1-3-5-4-2/h9H,3-8H2,1-2H3;3-5H2,1-2H3. The fourth-order valence-corrected chi connectivity index (χ4v) is 1.96. The topological polar surface area (TPSA) is 3.24 Å². The van der Waals surface area contributed by atoms with E-state index in [-0.39, 0.29) is 0 Å². The smallest absolute Gasteiger partial charge is 0.00162 e. The normalized spacial score (nSPS) is 18.4.